The van der Waals surface area contributed by atoms with Gasteiger partial charge in [0.05, 0.1) is 49.0 Å². The Hall–Kier alpha value is -4.83. The van der Waals surface area contributed by atoms with Crippen LogP contribution in [0.25, 0.3) is 42.7 Å². The van der Waals surface area contributed by atoms with Crippen molar-refractivity contribution in [2.24, 2.45) is 5.92 Å². The van der Waals surface area contributed by atoms with Crippen molar-refractivity contribution in [3.63, 3.8) is 0 Å². The number of hydrogen-bond donors (Lipinski definition) is 5. The van der Waals surface area contributed by atoms with Crippen LogP contribution in [0.15, 0.2) is 48.8 Å². The van der Waals surface area contributed by atoms with Gasteiger partial charge in [-0.3, -0.25) is 14.9 Å². The quantitative estimate of drug-likeness (QED) is 0.121. The summed E-state index contributed by atoms with van der Waals surface area (Å²) >= 11 is 1.72. The topological polar surface area (TPSA) is 178 Å². The van der Waals surface area contributed by atoms with Crippen molar-refractivity contribution in [1.29, 1.82) is 0 Å². The third-order valence-corrected chi connectivity index (χ3v) is 12.2. The predicted molar refractivity (Wildman–Crippen MR) is 200 cm³/mol. The molecule has 278 valence electrons. The fourth-order valence-corrected chi connectivity index (χ4v) is 9.68. The molecule has 2 saturated heterocycles. The summed E-state index contributed by atoms with van der Waals surface area (Å²) in [6.07, 6.45) is 6.45. The Morgan fingerprint density at radius 2 is 1.57 bits per heavy atom. The number of ether oxygens (including phenoxy) is 2. The molecule has 2 aromatic carbocycles. The van der Waals surface area contributed by atoms with E-state index in [0.29, 0.717) is 12.5 Å². The lowest BCUT2D eigenvalue weighted by Gasteiger charge is -2.36. The SMILES string of the molecule is COC(=O)N[C@@H](C)C(=O)N1[C@@H]2CC[C@@H](C2)[C@H]1c1ncc(-c2ccc3c(c2)sc2cc(-c4cnc([C@@H]5CCCN5C(=O)[C@H](C)NC(O)OC)[nH]4)ccc23)[nH]1. The number of aromatic amines is 2. The molecular formula is C38H44N8O6S. The third-order valence-electron chi connectivity index (χ3n) is 11.1. The second kappa shape index (κ2) is 14.2. The van der Waals surface area contributed by atoms with Crippen molar-refractivity contribution < 1.29 is 29.0 Å². The zero-order valence-corrected chi connectivity index (χ0v) is 30.9. The van der Waals surface area contributed by atoms with E-state index in [9.17, 15) is 19.5 Å². The van der Waals surface area contributed by atoms with Gasteiger partial charge in [-0.25, -0.2) is 14.8 Å². The Morgan fingerprint density at radius 3 is 2.23 bits per heavy atom. The van der Waals surface area contributed by atoms with E-state index in [1.165, 1.54) is 25.0 Å². The molecule has 0 spiro atoms. The van der Waals surface area contributed by atoms with E-state index in [2.05, 4.69) is 57.0 Å². The molecule has 3 aliphatic rings. The number of piperidine rings is 1. The average Bonchev–Trinajstić information content (AvgIpc) is 4.02. The normalized spacial score (nSPS) is 22.8. The molecule has 3 amide bonds. The summed E-state index contributed by atoms with van der Waals surface area (Å²) < 4.78 is 11.9. The number of rotatable bonds is 10. The second-order valence-corrected chi connectivity index (χ2v) is 15.4. The van der Waals surface area contributed by atoms with Gasteiger partial charge in [0.25, 0.3) is 0 Å². The van der Waals surface area contributed by atoms with E-state index < -0.39 is 24.6 Å². The number of likely N-dealkylation sites (tertiary alicyclic amines) is 2. The van der Waals surface area contributed by atoms with Crippen molar-refractivity contribution >= 4 is 49.4 Å². The Kier molecular flexibility index (Phi) is 9.43. The average molecular weight is 741 g/mol. The van der Waals surface area contributed by atoms with E-state index >= 15 is 0 Å². The summed E-state index contributed by atoms with van der Waals surface area (Å²) in [5.74, 6) is 1.60. The molecule has 5 heterocycles. The number of benzene rings is 2. The molecule has 1 unspecified atom stereocenters. The van der Waals surface area contributed by atoms with E-state index in [1.807, 2.05) is 22.2 Å². The van der Waals surface area contributed by atoms with E-state index in [1.54, 1.807) is 25.2 Å². The molecule has 7 atom stereocenters. The molecule has 53 heavy (non-hydrogen) atoms. The van der Waals surface area contributed by atoms with Crippen molar-refractivity contribution in [3.8, 4) is 22.5 Å². The number of fused-ring (bicyclic) bond motifs is 5. The van der Waals surface area contributed by atoms with Crippen LogP contribution in [0.5, 0.6) is 0 Å². The van der Waals surface area contributed by atoms with E-state index in [-0.39, 0.29) is 29.9 Å². The fraction of sp³-hybridized carbons (Fsp3) is 0.447. The number of aromatic nitrogens is 4. The number of nitrogens with zero attached hydrogens (tertiary/aromatic N) is 4. The monoisotopic (exact) mass is 740 g/mol. The molecule has 3 fully saturated rings. The summed E-state index contributed by atoms with van der Waals surface area (Å²) in [4.78, 5) is 58.8. The van der Waals surface area contributed by atoms with Gasteiger partial charge in [0.1, 0.15) is 17.7 Å². The number of alkyl carbamates (subject to hydrolysis) is 1. The highest BCUT2D eigenvalue weighted by Gasteiger charge is 2.50. The smallest absolute Gasteiger partial charge is 0.407 e. The summed E-state index contributed by atoms with van der Waals surface area (Å²) in [5, 5.41) is 17.5. The lowest BCUT2D eigenvalue weighted by atomic mass is 9.97. The Labute approximate surface area is 310 Å². The maximum Gasteiger partial charge on any atom is 0.407 e. The summed E-state index contributed by atoms with van der Waals surface area (Å²) in [5.41, 5.74) is 3.80. The summed E-state index contributed by atoms with van der Waals surface area (Å²) in [6.45, 7) is 4.03. The zero-order valence-electron chi connectivity index (χ0n) is 30.1. The number of H-pyrrole nitrogens is 2. The number of aliphatic hydroxyl groups is 1. The van der Waals surface area contributed by atoms with Crippen LogP contribution in [0.4, 0.5) is 4.79 Å². The Morgan fingerprint density at radius 1 is 0.906 bits per heavy atom. The third kappa shape index (κ3) is 6.45. The molecule has 1 saturated carbocycles. The van der Waals surface area contributed by atoms with Gasteiger partial charge in [0.2, 0.25) is 18.2 Å². The van der Waals surface area contributed by atoms with Crippen LogP contribution in [-0.4, -0.2) is 98.1 Å². The second-order valence-electron chi connectivity index (χ2n) is 14.3. The molecule has 0 radical (unpaired) electrons. The highest BCUT2D eigenvalue weighted by Crippen LogP contribution is 2.50. The lowest BCUT2D eigenvalue weighted by Crippen LogP contribution is -2.50. The number of carbonyl (C=O) groups excluding carboxylic acids is 3. The van der Waals surface area contributed by atoms with Crippen LogP contribution in [0.1, 0.15) is 69.7 Å². The highest BCUT2D eigenvalue weighted by molar-refractivity contribution is 7.25. The summed E-state index contributed by atoms with van der Waals surface area (Å²) in [7, 11) is 2.66. The van der Waals surface area contributed by atoms with Crippen LogP contribution in [-0.2, 0) is 19.1 Å². The maximum atomic E-state index is 13.5. The van der Waals surface area contributed by atoms with Gasteiger partial charge in [0, 0.05) is 51.0 Å². The molecule has 5 N–H and O–H groups in total. The van der Waals surface area contributed by atoms with Gasteiger partial charge in [-0.2, -0.15) is 0 Å². The first-order chi connectivity index (χ1) is 25.6. The fourth-order valence-electron chi connectivity index (χ4n) is 8.49. The summed E-state index contributed by atoms with van der Waals surface area (Å²) in [6, 6.07) is 11.4. The van der Waals surface area contributed by atoms with E-state index in [4.69, 9.17) is 19.4 Å². The van der Waals surface area contributed by atoms with Gasteiger partial charge in [-0.15, -0.1) is 11.3 Å². The number of thiophene rings is 1. The van der Waals surface area contributed by atoms with Crippen LogP contribution < -0.4 is 10.6 Å². The van der Waals surface area contributed by atoms with Gasteiger partial charge < -0.3 is 39.7 Å². The van der Waals surface area contributed by atoms with Crippen LogP contribution >= 0.6 is 11.3 Å². The van der Waals surface area contributed by atoms with Crippen molar-refractivity contribution in [1.82, 2.24) is 40.4 Å². The number of carbonyl (C=O) groups is 3. The predicted octanol–water partition coefficient (Wildman–Crippen LogP) is 5.20. The molecule has 15 heteroatoms. The molecule has 1 aliphatic carbocycles. The highest BCUT2D eigenvalue weighted by atomic mass is 32.1. The number of methoxy groups -OCH3 is 2. The van der Waals surface area contributed by atoms with Crippen molar-refractivity contribution in [2.75, 3.05) is 20.8 Å². The minimum absolute atomic E-state index is 0.110. The number of nitrogens with one attached hydrogen (secondary N) is 4. The van der Waals surface area contributed by atoms with Crippen LogP contribution in [0.3, 0.4) is 0 Å². The first kappa shape index (κ1) is 35.2. The number of amides is 3. The minimum atomic E-state index is -1.21. The standard InChI is InChI=1S/C38H44N8O6S/c1-19(41-37(49)51-3)35(47)45-13-5-6-29(45)33-39-17-27(43-33)21-8-11-25-26-12-9-22(16-31(26)53-30(25)15-21)28-18-40-34(44-28)32-23-7-10-24(14-23)46(32)36(48)20(2)42-38(50)52-4/h8-9,11-12,15-20,23-24,29,32,37,41,49H,5-7,10,13-14H2,1-4H3,(H,39,43)(H,40,44)(H,42,50)/t19-,20-,23-,24+,29-,32-,37?/m0/s1. The van der Waals surface area contributed by atoms with Crippen LogP contribution in [0, 0.1) is 5.92 Å². The zero-order chi connectivity index (χ0) is 37.0. The maximum absolute atomic E-state index is 13.5. The van der Waals surface area contributed by atoms with Gasteiger partial charge in [0.15, 0.2) is 0 Å². The number of aliphatic hydroxyl groups excluding tert-OH is 1. The largest absolute Gasteiger partial charge is 0.453 e. The van der Waals surface area contributed by atoms with Crippen molar-refractivity contribution in [3.05, 3.63) is 60.4 Å². The van der Waals surface area contributed by atoms with E-state index in [0.717, 1.165) is 75.7 Å². The van der Waals surface area contributed by atoms with Crippen LogP contribution in [0.2, 0.25) is 0 Å². The first-order valence-electron chi connectivity index (χ1n) is 18.1. The molecule has 14 nitrogen and oxygen atoms in total. The van der Waals surface area contributed by atoms with Crippen molar-refractivity contribution in [2.45, 2.75) is 82.6 Å². The van der Waals surface area contributed by atoms with Gasteiger partial charge in [-0.1, -0.05) is 24.3 Å². The van der Waals surface area contributed by atoms with Gasteiger partial charge >= 0.3 is 6.09 Å². The Balaban J connectivity index is 1.01. The molecule has 5 aromatic rings. The molecule has 2 bridgehead atoms. The number of hydrogen-bond acceptors (Lipinski definition) is 10. The first-order valence-corrected chi connectivity index (χ1v) is 19.0. The number of imidazole rings is 2. The Bertz CT molecular complexity index is 2180. The minimum Gasteiger partial charge on any atom is -0.453 e. The lowest BCUT2D eigenvalue weighted by molar-refractivity contribution is -0.142. The van der Waals surface area contributed by atoms with Gasteiger partial charge in [-0.05, 0) is 64.0 Å². The molecule has 3 aromatic heterocycles. The molecule has 8 rings (SSSR count). The molecule has 2 aliphatic heterocycles. The molecular weight excluding hydrogens is 697 g/mol.